The molecule has 0 aliphatic carbocycles. The highest BCUT2D eigenvalue weighted by molar-refractivity contribution is 4.76. The van der Waals surface area contributed by atoms with Gasteiger partial charge in [0.15, 0.2) is 0 Å². The zero-order valence-electron chi connectivity index (χ0n) is 14.5. The normalized spacial score (nSPS) is 25.6. The van der Waals surface area contributed by atoms with Crippen LogP contribution in [-0.2, 0) is 0 Å². The molecule has 120 valence electrons. The van der Waals surface area contributed by atoms with Crippen LogP contribution in [0.3, 0.4) is 0 Å². The molecule has 20 heavy (non-hydrogen) atoms. The minimum Gasteiger partial charge on any atom is -0.311 e. The van der Waals surface area contributed by atoms with Gasteiger partial charge in [0, 0.05) is 12.1 Å². The lowest BCUT2D eigenvalue weighted by Gasteiger charge is -2.32. The topological polar surface area (TPSA) is 15.3 Å². The molecule has 1 fully saturated rings. The molecule has 1 aliphatic rings. The Hall–Kier alpha value is -0.0800. The van der Waals surface area contributed by atoms with Crippen molar-refractivity contribution in [2.75, 3.05) is 19.6 Å². The van der Waals surface area contributed by atoms with Crippen molar-refractivity contribution >= 4 is 0 Å². The molecule has 0 aromatic rings. The molecule has 1 rings (SSSR count). The molecular weight excluding hydrogens is 244 g/mol. The van der Waals surface area contributed by atoms with Crippen molar-refractivity contribution in [3.63, 3.8) is 0 Å². The highest BCUT2D eigenvalue weighted by Crippen LogP contribution is 2.12. The Morgan fingerprint density at radius 1 is 1.05 bits per heavy atom. The lowest BCUT2D eigenvalue weighted by Crippen LogP contribution is -2.44. The first-order chi connectivity index (χ1) is 9.61. The molecule has 2 atom stereocenters. The second kappa shape index (κ2) is 10.6. The SMILES string of the molecule is CCC1CCN(CCCCCCC(C)C)CCC(C)N1. The molecule has 2 heteroatoms. The summed E-state index contributed by atoms with van der Waals surface area (Å²) in [7, 11) is 0. The number of nitrogens with zero attached hydrogens (tertiary/aromatic N) is 1. The molecule has 2 unspecified atom stereocenters. The predicted molar refractivity (Wildman–Crippen MR) is 90.3 cm³/mol. The van der Waals surface area contributed by atoms with E-state index in [0.29, 0.717) is 6.04 Å². The number of unbranched alkanes of at least 4 members (excludes halogenated alkanes) is 3. The molecule has 2 nitrogen and oxygen atoms in total. The number of hydrogen-bond donors (Lipinski definition) is 1. The lowest BCUT2D eigenvalue weighted by atomic mass is 10.0. The summed E-state index contributed by atoms with van der Waals surface area (Å²) in [6.07, 6.45) is 11.0. The van der Waals surface area contributed by atoms with Gasteiger partial charge in [0.2, 0.25) is 0 Å². The summed E-state index contributed by atoms with van der Waals surface area (Å²) in [5.41, 5.74) is 0. The van der Waals surface area contributed by atoms with Crippen LogP contribution in [0.5, 0.6) is 0 Å². The van der Waals surface area contributed by atoms with Crippen molar-refractivity contribution in [3.05, 3.63) is 0 Å². The lowest BCUT2D eigenvalue weighted by molar-refractivity contribution is 0.209. The zero-order chi connectivity index (χ0) is 14.8. The van der Waals surface area contributed by atoms with Crippen LogP contribution in [-0.4, -0.2) is 36.6 Å². The number of rotatable bonds is 8. The van der Waals surface area contributed by atoms with Crippen LogP contribution in [0.1, 0.15) is 79.1 Å². The Balaban J connectivity index is 2.12. The van der Waals surface area contributed by atoms with E-state index in [0.717, 1.165) is 12.0 Å². The van der Waals surface area contributed by atoms with Crippen LogP contribution < -0.4 is 5.32 Å². The Morgan fingerprint density at radius 2 is 1.75 bits per heavy atom. The average molecular weight is 283 g/mol. The summed E-state index contributed by atoms with van der Waals surface area (Å²) < 4.78 is 0. The molecule has 0 radical (unpaired) electrons. The summed E-state index contributed by atoms with van der Waals surface area (Å²) in [6.45, 7) is 13.2. The number of nitrogens with one attached hydrogen (secondary N) is 1. The Morgan fingerprint density at radius 3 is 2.45 bits per heavy atom. The number of hydrogen-bond acceptors (Lipinski definition) is 2. The molecule has 1 heterocycles. The maximum atomic E-state index is 3.76. The van der Waals surface area contributed by atoms with E-state index >= 15 is 0 Å². The van der Waals surface area contributed by atoms with Crippen LogP contribution in [0, 0.1) is 5.92 Å². The molecule has 0 aromatic carbocycles. The van der Waals surface area contributed by atoms with Crippen molar-refractivity contribution in [2.45, 2.75) is 91.1 Å². The Labute approximate surface area is 127 Å². The van der Waals surface area contributed by atoms with E-state index < -0.39 is 0 Å². The minimum atomic E-state index is 0.689. The van der Waals surface area contributed by atoms with E-state index in [4.69, 9.17) is 0 Å². The largest absolute Gasteiger partial charge is 0.311 e. The first-order valence-corrected chi connectivity index (χ1v) is 9.10. The van der Waals surface area contributed by atoms with Gasteiger partial charge in [-0.25, -0.2) is 0 Å². The summed E-state index contributed by atoms with van der Waals surface area (Å²) in [6, 6.07) is 1.42. The zero-order valence-corrected chi connectivity index (χ0v) is 14.5. The van der Waals surface area contributed by atoms with Crippen molar-refractivity contribution in [1.29, 1.82) is 0 Å². The maximum absolute atomic E-state index is 3.76. The molecule has 0 spiro atoms. The summed E-state index contributed by atoms with van der Waals surface area (Å²) in [4.78, 5) is 2.71. The van der Waals surface area contributed by atoms with Crippen LogP contribution in [0.2, 0.25) is 0 Å². The van der Waals surface area contributed by atoms with Gasteiger partial charge in [-0.3, -0.25) is 0 Å². The van der Waals surface area contributed by atoms with Gasteiger partial charge in [-0.1, -0.05) is 46.5 Å². The molecule has 0 amide bonds. The highest BCUT2D eigenvalue weighted by Gasteiger charge is 2.17. The van der Waals surface area contributed by atoms with E-state index in [2.05, 4.69) is 37.9 Å². The molecule has 1 N–H and O–H groups in total. The third-order valence-electron chi connectivity index (χ3n) is 4.69. The van der Waals surface area contributed by atoms with Gasteiger partial charge in [-0.15, -0.1) is 0 Å². The third kappa shape index (κ3) is 8.26. The fourth-order valence-corrected chi connectivity index (χ4v) is 3.18. The fourth-order valence-electron chi connectivity index (χ4n) is 3.18. The second-order valence-corrected chi connectivity index (χ2v) is 7.19. The standard InChI is InChI=1S/C18H38N2/c1-5-18-12-15-20(14-11-17(4)19-18)13-9-7-6-8-10-16(2)3/h16-19H,5-15H2,1-4H3. The maximum Gasteiger partial charge on any atom is 0.00790 e. The monoisotopic (exact) mass is 282 g/mol. The Kier molecular flexibility index (Phi) is 9.54. The fraction of sp³-hybridized carbons (Fsp3) is 1.00. The van der Waals surface area contributed by atoms with Crippen molar-refractivity contribution < 1.29 is 0 Å². The van der Waals surface area contributed by atoms with Gasteiger partial charge in [-0.2, -0.15) is 0 Å². The van der Waals surface area contributed by atoms with E-state index in [-0.39, 0.29) is 0 Å². The van der Waals surface area contributed by atoms with Gasteiger partial charge >= 0.3 is 0 Å². The van der Waals surface area contributed by atoms with Crippen molar-refractivity contribution in [3.8, 4) is 0 Å². The third-order valence-corrected chi connectivity index (χ3v) is 4.69. The van der Waals surface area contributed by atoms with Crippen LogP contribution in [0.15, 0.2) is 0 Å². The van der Waals surface area contributed by atoms with E-state index in [1.165, 1.54) is 71.0 Å². The van der Waals surface area contributed by atoms with Crippen LogP contribution in [0.4, 0.5) is 0 Å². The molecular formula is C18H38N2. The van der Waals surface area contributed by atoms with E-state index in [1.807, 2.05) is 0 Å². The molecule has 0 bridgehead atoms. The molecule has 1 saturated heterocycles. The van der Waals surface area contributed by atoms with Crippen molar-refractivity contribution in [1.82, 2.24) is 10.2 Å². The smallest absolute Gasteiger partial charge is 0.00790 e. The minimum absolute atomic E-state index is 0.689. The molecule has 1 aliphatic heterocycles. The molecule has 0 saturated carbocycles. The van der Waals surface area contributed by atoms with Crippen LogP contribution >= 0.6 is 0 Å². The molecule has 0 aromatic heterocycles. The van der Waals surface area contributed by atoms with Gasteiger partial charge < -0.3 is 10.2 Å². The highest BCUT2D eigenvalue weighted by atomic mass is 15.1. The summed E-state index contributed by atoms with van der Waals surface area (Å²) in [5.74, 6) is 0.879. The van der Waals surface area contributed by atoms with Gasteiger partial charge in [0.05, 0.1) is 0 Å². The first kappa shape index (κ1) is 18.0. The van der Waals surface area contributed by atoms with Gasteiger partial charge in [0.1, 0.15) is 0 Å². The summed E-state index contributed by atoms with van der Waals surface area (Å²) in [5, 5.41) is 3.76. The quantitative estimate of drug-likeness (QED) is 0.662. The van der Waals surface area contributed by atoms with Crippen molar-refractivity contribution in [2.24, 2.45) is 5.92 Å². The predicted octanol–water partition coefficient (Wildman–Crippen LogP) is 4.45. The first-order valence-electron chi connectivity index (χ1n) is 9.10. The van der Waals surface area contributed by atoms with E-state index in [9.17, 15) is 0 Å². The summed E-state index contributed by atoms with van der Waals surface area (Å²) >= 11 is 0. The van der Waals surface area contributed by atoms with Gasteiger partial charge in [-0.05, 0) is 58.2 Å². The van der Waals surface area contributed by atoms with Gasteiger partial charge in [0.25, 0.3) is 0 Å². The van der Waals surface area contributed by atoms with Crippen LogP contribution in [0.25, 0.3) is 0 Å². The van der Waals surface area contributed by atoms with E-state index in [1.54, 1.807) is 0 Å². The second-order valence-electron chi connectivity index (χ2n) is 7.19. The Bertz CT molecular complexity index is 227. The average Bonchev–Trinajstić information content (AvgIpc) is 2.40.